The van der Waals surface area contributed by atoms with Gasteiger partial charge in [0.25, 0.3) is 0 Å². The van der Waals surface area contributed by atoms with Crippen LogP contribution in [-0.2, 0) is 15.3 Å². The van der Waals surface area contributed by atoms with Gasteiger partial charge in [-0.25, -0.2) is 0 Å². The number of ketones is 1. The minimum atomic E-state index is 0.160. The zero-order valence-corrected chi connectivity index (χ0v) is 14.3. The number of hydrogen-bond donors (Lipinski definition) is 0. The van der Waals surface area contributed by atoms with Gasteiger partial charge in [-0.05, 0) is 55.4 Å². The molecule has 5 rings (SSSR count). The predicted octanol–water partition coefficient (Wildman–Crippen LogP) is 4.27. The van der Waals surface area contributed by atoms with E-state index in [-0.39, 0.29) is 22.5 Å². The first kappa shape index (κ1) is 15.4. The number of Topliss-reactive ketones (excluding diaryl/α,β-unsaturated/α-hetero) is 1. The van der Waals surface area contributed by atoms with Crippen LogP contribution in [0.3, 0.4) is 0 Å². The number of carbonyl (C=O) groups is 2. The number of fused-ring (bicyclic) bond motifs is 2. The minimum absolute atomic E-state index is 0.160. The summed E-state index contributed by atoms with van der Waals surface area (Å²) in [4.78, 5) is 24.1. The van der Waals surface area contributed by atoms with E-state index in [0.29, 0.717) is 11.7 Å². The molecule has 1 aromatic rings. The third kappa shape index (κ3) is 2.57. The van der Waals surface area contributed by atoms with Gasteiger partial charge in [0.1, 0.15) is 12.1 Å². The van der Waals surface area contributed by atoms with E-state index < -0.39 is 0 Å². The van der Waals surface area contributed by atoms with Crippen LogP contribution in [-0.4, -0.2) is 17.3 Å². The van der Waals surface area contributed by atoms with Crippen LogP contribution in [0.4, 0.5) is 0 Å². The molecule has 2 bridgehead atoms. The molecule has 23 heavy (non-hydrogen) atoms. The third-order valence-electron chi connectivity index (χ3n) is 6.54. The lowest BCUT2D eigenvalue weighted by molar-refractivity contribution is -0.141. The second-order valence-corrected chi connectivity index (χ2v) is 8.74. The van der Waals surface area contributed by atoms with Gasteiger partial charge in [-0.3, -0.25) is 4.79 Å². The molecule has 0 saturated heterocycles. The smallest absolute Gasteiger partial charge is 0.149 e. The highest BCUT2D eigenvalue weighted by molar-refractivity contribution is 7.99. The first-order valence-electron chi connectivity index (χ1n) is 8.87. The standard InChI is InChI=1S/C20H24O2S/c21-12-15-6-8-20-9-7-16(11-17(20)10-15)18(22)19(20)23-13-14-4-2-1-3-5-14/h1-5,12,15-17,19H,6-11,13H2. The van der Waals surface area contributed by atoms with Crippen molar-refractivity contribution >= 4 is 23.8 Å². The van der Waals surface area contributed by atoms with Crippen molar-refractivity contribution in [3.8, 4) is 0 Å². The second-order valence-electron chi connectivity index (χ2n) is 7.65. The second kappa shape index (κ2) is 6.08. The van der Waals surface area contributed by atoms with Crippen LogP contribution in [0.2, 0.25) is 0 Å². The van der Waals surface area contributed by atoms with Crippen LogP contribution < -0.4 is 0 Å². The molecular formula is C20H24O2S. The maximum atomic E-state index is 12.9. The molecular weight excluding hydrogens is 304 g/mol. The largest absolute Gasteiger partial charge is 0.303 e. The molecule has 0 amide bonds. The van der Waals surface area contributed by atoms with Crippen molar-refractivity contribution < 1.29 is 9.59 Å². The molecule has 3 heteroatoms. The van der Waals surface area contributed by atoms with Gasteiger partial charge in [0.2, 0.25) is 0 Å². The lowest BCUT2D eigenvalue weighted by Gasteiger charge is -2.58. The molecule has 5 atom stereocenters. The number of aldehydes is 1. The van der Waals surface area contributed by atoms with Gasteiger partial charge in [0.05, 0.1) is 5.25 Å². The third-order valence-corrected chi connectivity index (χ3v) is 8.08. The zero-order valence-electron chi connectivity index (χ0n) is 13.4. The number of carbonyl (C=O) groups excluding carboxylic acids is 2. The van der Waals surface area contributed by atoms with Gasteiger partial charge in [-0.15, -0.1) is 11.8 Å². The molecule has 122 valence electrons. The lowest BCUT2D eigenvalue weighted by atomic mass is 9.49. The van der Waals surface area contributed by atoms with Gasteiger partial charge in [-0.2, -0.15) is 0 Å². The van der Waals surface area contributed by atoms with E-state index in [0.717, 1.165) is 44.1 Å². The quantitative estimate of drug-likeness (QED) is 0.774. The number of hydrogen-bond acceptors (Lipinski definition) is 3. The fourth-order valence-corrected chi connectivity index (χ4v) is 6.97. The molecule has 5 unspecified atom stereocenters. The van der Waals surface area contributed by atoms with Crippen LogP contribution in [0.1, 0.15) is 44.1 Å². The summed E-state index contributed by atoms with van der Waals surface area (Å²) in [6, 6.07) is 10.5. The molecule has 0 aliphatic heterocycles. The van der Waals surface area contributed by atoms with Crippen molar-refractivity contribution in [3.05, 3.63) is 35.9 Å². The molecule has 4 saturated carbocycles. The summed E-state index contributed by atoms with van der Waals surface area (Å²) >= 11 is 1.87. The fourth-order valence-electron chi connectivity index (χ4n) is 5.30. The Morgan fingerprint density at radius 2 is 1.91 bits per heavy atom. The average molecular weight is 328 g/mol. The summed E-state index contributed by atoms with van der Waals surface area (Å²) in [5, 5.41) is 0.160. The molecule has 0 radical (unpaired) electrons. The van der Waals surface area contributed by atoms with E-state index in [9.17, 15) is 9.59 Å². The minimum Gasteiger partial charge on any atom is -0.303 e. The Labute approximate surface area is 142 Å². The topological polar surface area (TPSA) is 34.1 Å². The van der Waals surface area contributed by atoms with E-state index in [2.05, 4.69) is 24.3 Å². The van der Waals surface area contributed by atoms with Crippen LogP contribution in [0, 0.1) is 23.2 Å². The monoisotopic (exact) mass is 328 g/mol. The van der Waals surface area contributed by atoms with Crippen molar-refractivity contribution in [2.75, 3.05) is 0 Å². The number of thioether (sulfide) groups is 1. The van der Waals surface area contributed by atoms with Gasteiger partial charge in [0, 0.05) is 17.6 Å². The Kier molecular flexibility index (Phi) is 4.08. The average Bonchev–Trinajstić information content (AvgIpc) is 2.61. The van der Waals surface area contributed by atoms with Gasteiger partial charge >= 0.3 is 0 Å². The zero-order chi connectivity index (χ0) is 15.9. The highest BCUT2D eigenvalue weighted by Gasteiger charge is 2.59. The fraction of sp³-hybridized carbons (Fsp3) is 0.600. The van der Waals surface area contributed by atoms with Gasteiger partial charge in [-0.1, -0.05) is 30.3 Å². The normalized spacial score (nSPS) is 39.0. The first-order valence-corrected chi connectivity index (χ1v) is 9.92. The molecule has 4 aliphatic carbocycles. The number of rotatable bonds is 4. The van der Waals surface area contributed by atoms with Crippen LogP contribution in [0.25, 0.3) is 0 Å². The van der Waals surface area contributed by atoms with Crippen LogP contribution in [0.5, 0.6) is 0 Å². The van der Waals surface area contributed by atoms with Gasteiger partial charge < -0.3 is 4.79 Å². The molecule has 0 heterocycles. The molecule has 0 aromatic heterocycles. The van der Waals surface area contributed by atoms with E-state index in [1.165, 1.54) is 12.0 Å². The summed E-state index contributed by atoms with van der Waals surface area (Å²) in [5.74, 6) is 2.53. The van der Waals surface area contributed by atoms with Gasteiger partial charge in [0.15, 0.2) is 0 Å². The Balaban J connectivity index is 1.55. The van der Waals surface area contributed by atoms with Crippen LogP contribution >= 0.6 is 11.8 Å². The van der Waals surface area contributed by atoms with Crippen molar-refractivity contribution in [1.29, 1.82) is 0 Å². The predicted molar refractivity (Wildman–Crippen MR) is 93.2 cm³/mol. The highest BCUT2D eigenvalue weighted by atomic mass is 32.2. The van der Waals surface area contributed by atoms with Crippen molar-refractivity contribution in [1.82, 2.24) is 0 Å². The summed E-state index contributed by atoms with van der Waals surface area (Å²) in [7, 11) is 0. The van der Waals surface area contributed by atoms with Crippen molar-refractivity contribution in [2.45, 2.75) is 49.5 Å². The maximum absolute atomic E-state index is 12.9. The van der Waals surface area contributed by atoms with E-state index in [1.54, 1.807) is 0 Å². The number of benzene rings is 1. The molecule has 4 fully saturated rings. The van der Waals surface area contributed by atoms with Crippen molar-refractivity contribution in [2.24, 2.45) is 23.2 Å². The molecule has 2 nitrogen and oxygen atoms in total. The molecule has 1 spiro atoms. The lowest BCUT2D eigenvalue weighted by Crippen LogP contribution is -2.58. The molecule has 1 aromatic carbocycles. The Morgan fingerprint density at radius 3 is 2.70 bits per heavy atom. The van der Waals surface area contributed by atoms with E-state index in [1.807, 2.05) is 17.8 Å². The summed E-state index contributed by atoms with van der Waals surface area (Å²) < 4.78 is 0. The Bertz CT molecular complexity index is 597. The maximum Gasteiger partial charge on any atom is 0.149 e. The van der Waals surface area contributed by atoms with Crippen LogP contribution in [0.15, 0.2) is 30.3 Å². The Morgan fingerprint density at radius 1 is 1.13 bits per heavy atom. The summed E-state index contributed by atoms with van der Waals surface area (Å²) in [6.07, 6.45) is 7.58. The van der Waals surface area contributed by atoms with E-state index in [4.69, 9.17) is 0 Å². The highest BCUT2D eigenvalue weighted by Crippen LogP contribution is 2.62. The first-order chi connectivity index (χ1) is 11.2. The summed E-state index contributed by atoms with van der Waals surface area (Å²) in [5.41, 5.74) is 1.49. The SMILES string of the molecule is O=CC1CCC23CCC(CC2C1)C(=O)C3SCc1ccccc1. The molecule has 0 N–H and O–H groups in total. The Hall–Kier alpha value is -1.09. The van der Waals surface area contributed by atoms with E-state index >= 15 is 0 Å². The summed E-state index contributed by atoms with van der Waals surface area (Å²) in [6.45, 7) is 0. The molecule has 4 aliphatic rings. The van der Waals surface area contributed by atoms with Crippen molar-refractivity contribution in [3.63, 3.8) is 0 Å².